The van der Waals surface area contributed by atoms with Crippen LogP contribution in [0.1, 0.15) is 46.4 Å². The Morgan fingerprint density at radius 2 is 1.75 bits per heavy atom. The number of rotatable bonds is 9. The van der Waals surface area contributed by atoms with Crippen molar-refractivity contribution in [3.05, 3.63) is 112 Å². The van der Waals surface area contributed by atoms with Crippen molar-refractivity contribution in [1.82, 2.24) is 9.88 Å². The van der Waals surface area contributed by atoms with Gasteiger partial charge in [0.05, 0.1) is 35.4 Å². The van der Waals surface area contributed by atoms with Gasteiger partial charge in [0.2, 0.25) is 5.78 Å². The largest absolute Gasteiger partial charge is 0.503 e. The summed E-state index contributed by atoms with van der Waals surface area (Å²) in [6.07, 6.45) is -0.00217. The first-order chi connectivity index (χ1) is 19.3. The molecule has 2 heterocycles. The number of carbonyl (C=O) groups excluding carboxylic acids is 2. The lowest BCUT2D eigenvalue weighted by Gasteiger charge is -2.27. The van der Waals surface area contributed by atoms with Crippen LogP contribution >= 0.6 is 11.3 Å². The molecule has 0 aliphatic carbocycles. The molecule has 0 saturated carbocycles. The molecule has 7 nitrogen and oxygen atoms in total. The molecular formula is C32H30N2O5S. The maximum absolute atomic E-state index is 14.1. The molecule has 40 heavy (non-hydrogen) atoms. The van der Waals surface area contributed by atoms with Gasteiger partial charge in [0.25, 0.3) is 5.91 Å². The summed E-state index contributed by atoms with van der Waals surface area (Å²) in [4.78, 5) is 34.1. The van der Waals surface area contributed by atoms with Gasteiger partial charge in [0, 0.05) is 12.1 Å². The Bertz CT molecular complexity index is 1570. The molecule has 1 aliphatic heterocycles. The zero-order chi connectivity index (χ0) is 28.4. The van der Waals surface area contributed by atoms with E-state index in [0.717, 1.165) is 11.1 Å². The Balaban J connectivity index is 1.56. The van der Waals surface area contributed by atoms with Crippen LogP contribution in [0.2, 0.25) is 0 Å². The van der Waals surface area contributed by atoms with E-state index in [9.17, 15) is 14.7 Å². The lowest BCUT2D eigenvalue weighted by atomic mass is 9.94. The second kappa shape index (κ2) is 11.4. The Morgan fingerprint density at radius 1 is 1.02 bits per heavy atom. The number of nitrogens with zero attached hydrogens (tertiary/aromatic N) is 2. The molecule has 0 spiro atoms. The Labute approximate surface area is 237 Å². The minimum Gasteiger partial charge on any atom is -0.503 e. The smallest absolute Gasteiger partial charge is 0.290 e. The van der Waals surface area contributed by atoms with Crippen LogP contribution in [0.25, 0.3) is 10.6 Å². The molecule has 1 aromatic heterocycles. The lowest BCUT2D eigenvalue weighted by Crippen LogP contribution is -2.30. The van der Waals surface area contributed by atoms with Crippen LogP contribution in [0.4, 0.5) is 0 Å². The predicted octanol–water partition coefficient (Wildman–Crippen LogP) is 6.69. The number of aliphatic hydroxyl groups excluding tert-OH is 1. The van der Waals surface area contributed by atoms with Gasteiger partial charge in [0.1, 0.15) is 16.5 Å². The van der Waals surface area contributed by atoms with E-state index in [-0.39, 0.29) is 18.2 Å². The van der Waals surface area contributed by atoms with Crippen molar-refractivity contribution in [2.45, 2.75) is 39.5 Å². The van der Waals surface area contributed by atoms with Gasteiger partial charge in [-0.05, 0) is 56.2 Å². The molecule has 4 aromatic rings. The molecule has 5 rings (SSSR count). The summed E-state index contributed by atoms with van der Waals surface area (Å²) >= 11 is 1.26. The van der Waals surface area contributed by atoms with Gasteiger partial charge in [-0.15, -0.1) is 11.3 Å². The fourth-order valence-corrected chi connectivity index (χ4v) is 5.82. The van der Waals surface area contributed by atoms with Crippen LogP contribution < -0.4 is 9.47 Å². The SMILES string of the molecule is COc1cccc(CN2C(=O)C(O)=C(C(=O)c3sc(-c4ccccc4)nc3C)C2c2ccc(OC(C)C)cc2)c1. The highest BCUT2D eigenvalue weighted by Crippen LogP contribution is 2.42. The highest BCUT2D eigenvalue weighted by molar-refractivity contribution is 7.17. The van der Waals surface area contributed by atoms with E-state index in [1.165, 1.54) is 16.2 Å². The Hall–Kier alpha value is -4.43. The molecule has 1 atom stereocenters. The van der Waals surface area contributed by atoms with Gasteiger partial charge < -0.3 is 19.5 Å². The predicted molar refractivity (Wildman–Crippen MR) is 155 cm³/mol. The van der Waals surface area contributed by atoms with Gasteiger partial charge in [-0.2, -0.15) is 0 Å². The number of amides is 1. The molecule has 0 radical (unpaired) electrons. The van der Waals surface area contributed by atoms with Gasteiger partial charge >= 0.3 is 0 Å². The molecule has 1 amide bonds. The summed E-state index contributed by atoms with van der Waals surface area (Å²) in [6.45, 7) is 5.82. The van der Waals surface area contributed by atoms with E-state index >= 15 is 0 Å². The number of hydrogen-bond donors (Lipinski definition) is 1. The van der Waals surface area contributed by atoms with Gasteiger partial charge in [-0.3, -0.25) is 9.59 Å². The molecule has 8 heteroatoms. The van der Waals surface area contributed by atoms with Crippen molar-refractivity contribution >= 4 is 23.0 Å². The number of methoxy groups -OCH3 is 1. The maximum atomic E-state index is 14.1. The summed E-state index contributed by atoms with van der Waals surface area (Å²) < 4.78 is 11.2. The zero-order valence-corrected chi connectivity index (χ0v) is 23.6. The molecule has 0 saturated heterocycles. The van der Waals surface area contributed by atoms with E-state index in [4.69, 9.17) is 9.47 Å². The third-order valence-corrected chi connectivity index (χ3v) is 7.83. The molecule has 0 bridgehead atoms. The third-order valence-electron chi connectivity index (χ3n) is 6.63. The number of aryl methyl sites for hydroxylation is 1. The summed E-state index contributed by atoms with van der Waals surface area (Å²) in [5.41, 5.74) is 2.97. The Kier molecular flexibility index (Phi) is 7.71. The van der Waals surface area contributed by atoms with E-state index in [1.807, 2.05) is 92.7 Å². The monoisotopic (exact) mass is 554 g/mol. The van der Waals surface area contributed by atoms with Crippen molar-refractivity contribution < 1.29 is 24.2 Å². The number of hydrogen-bond acceptors (Lipinski definition) is 7. The first kappa shape index (κ1) is 27.1. The van der Waals surface area contributed by atoms with Gasteiger partial charge in [0.15, 0.2) is 5.76 Å². The van der Waals surface area contributed by atoms with E-state index < -0.39 is 23.5 Å². The average Bonchev–Trinajstić information content (AvgIpc) is 3.46. The van der Waals surface area contributed by atoms with E-state index in [2.05, 4.69) is 4.98 Å². The highest BCUT2D eigenvalue weighted by Gasteiger charge is 2.44. The van der Waals surface area contributed by atoms with Gasteiger partial charge in [-0.25, -0.2) is 4.98 Å². The summed E-state index contributed by atoms with van der Waals surface area (Å²) in [5, 5.41) is 11.9. The molecule has 204 valence electrons. The van der Waals surface area contributed by atoms with Crippen molar-refractivity contribution in [2.24, 2.45) is 0 Å². The number of aliphatic hydroxyl groups is 1. The number of thiazole rings is 1. The van der Waals surface area contributed by atoms with Gasteiger partial charge in [-0.1, -0.05) is 54.6 Å². The van der Waals surface area contributed by atoms with Crippen molar-refractivity contribution in [3.63, 3.8) is 0 Å². The Morgan fingerprint density at radius 3 is 2.42 bits per heavy atom. The standard InChI is InChI=1S/C32H30N2O5S/c1-19(2)39-24-15-13-22(14-16-24)27-26(28(35)30-20(3)33-31(40-30)23-10-6-5-7-11-23)29(36)32(37)34(27)18-21-9-8-12-25(17-21)38-4/h5-17,19,27,36H,18H2,1-4H3. The van der Waals surface area contributed by atoms with E-state index in [1.54, 1.807) is 14.0 Å². The quantitative estimate of drug-likeness (QED) is 0.232. The molecule has 1 N–H and O–H groups in total. The lowest BCUT2D eigenvalue weighted by molar-refractivity contribution is -0.130. The van der Waals surface area contributed by atoms with Crippen LogP contribution in [0.3, 0.4) is 0 Å². The second-order valence-electron chi connectivity index (χ2n) is 9.81. The number of Topliss-reactive ketones (excluding diaryl/α,β-unsaturated/α-hetero) is 1. The van der Waals surface area contributed by atoms with Crippen LogP contribution in [0, 0.1) is 6.92 Å². The van der Waals surface area contributed by atoms with Crippen LogP contribution in [-0.4, -0.2) is 39.9 Å². The minimum absolute atomic E-state index is 0.00217. The van der Waals surface area contributed by atoms with Crippen LogP contribution in [0.5, 0.6) is 11.5 Å². The summed E-state index contributed by atoms with van der Waals surface area (Å²) in [6, 6.07) is 23.5. The molecule has 1 unspecified atom stereocenters. The number of ether oxygens (including phenoxy) is 2. The fourth-order valence-electron chi connectivity index (χ4n) is 4.80. The average molecular weight is 555 g/mol. The number of carbonyl (C=O) groups is 2. The molecule has 1 aliphatic rings. The number of ketones is 1. The van der Waals surface area contributed by atoms with Crippen LogP contribution in [-0.2, 0) is 11.3 Å². The maximum Gasteiger partial charge on any atom is 0.290 e. The summed E-state index contributed by atoms with van der Waals surface area (Å²) in [5.74, 6) is -0.241. The fraction of sp³-hybridized carbons (Fsp3) is 0.219. The molecule has 0 fully saturated rings. The minimum atomic E-state index is -0.805. The zero-order valence-electron chi connectivity index (χ0n) is 22.8. The number of aromatic nitrogens is 1. The molecular weight excluding hydrogens is 524 g/mol. The van der Waals surface area contributed by atoms with Crippen molar-refractivity contribution in [1.29, 1.82) is 0 Å². The first-order valence-corrected chi connectivity index (χ1v) is 13.8. The first-order valence-electron chi connectivity index (χ1n) is 13.0. The van der Waals surface area contributed by atoms with Crippen LogP contribution in [0.15, 0.2) is 90.2 Å². The topological polar surface area (TPSA) is 89.0 Å². The molecule has 3 aromatic carbocycles. The van der Waals surface area contributed by atoms with Crippen molar-refractivity contribution in [2.75, 3.05) is 7.11 Å². The second-order valence-corrected chi connectivity index (χ2v) is 10.8. The van der Waals surface area contributed by atoms with E-state index in [0.29, 0.717) is 32.6 Å². The normalized spacial score (nSPS) is 15.2. The van der Waals surface area contributed by atoms with Crippen molar-refractivity contribution in [3.8, 4) is 22.1 Å². The highest BCUT2D eigenvalue weighted by atomic mass is 32.1. The third kappa shape index (κ3) is 5.35. The number of benzene rings is 3. The summed E-state index contributed by atoms with van der Waals surface area (Å²) in [7, 11) is 1.58.